The van der Waals surface area contributed by atoms with Crippen LogP contribution in [0.2, 0.25) is 0 Å². The Hall–Kier alpha value is 0.0900. The van der Waals surface area contributed by atoms with Gasteiger partial charge in [-0.1, -0.05) is 6.92 Å². The molecule has 2 fully saturated rings. The Morgan fingerprint density at radius 1 is 1.50 bits per heavy atom. The van der Waals surface area contributed by atoms with Crippen molar-refractivity contribution in [1.82, 2.24) is 15.5 Å². The number of amidine groups is 1. The summed E-state index contributed by atoms with van der Waals surface area (Å²) in [7, 11) is 7.99. The number of rotatable bonds is 2. The van der Waals surface area contributed by atoms with Gasteiger partial charge in [-0.25, -0.2) is 5.32 Å². The highest BCUT2D eigenvalue weighted by molar-refractivity contribution is 8.83. The number of nitrogens with one attached hydrogen (secondary N) is 2. The highest BCUT2D eigenvalue weighted by Gasteiger charge is 2.33. The van der Waals surface area contributed by atoms with Crippen LogP contribution in [-0.4, -0.2) is 59.9 Å². The largest absolute Gasteiger partial charge is 0.319 e. The molecule has 6 heteroatoms. The van der Waals surface area contributed by atoms with Crippen LogP contribution in [-0.2, 0) is 0 Å². The Kier molecular flexibility index (Phi) is 4.41. The van der Waals surface area contributed by atoms with Crippen molar-refractivity contribution in [2.24, 2.45) is 0 Å². The van der Waals surface area contributed by atoms with E-state index in [0.717, 1.165) is 19.6 Å². The van der Waals surface area contributed by atoms with Crippen molar-refractivity contribution in [3.05, 3.63) is 0 Å². The molecule has 0 aliphatic carbocycles. The first-order valence-electron chi connectivity index (χ1n) is 5.82. The highest BCUT2D eigenvalue weighted by atomic mass is 33.1. The van der Waals surface area contributed by atoms with E-state index in [4.69, 9.17) is 0 Å². The molecule has 2 unspecified atom stereocenters. The molecule has 4 nitrogen and oxygen atoms in total. The molecule has 2 heterocycles. The Labute approximate surface area is 106 Å². The molecule has 2 saturated heterocycles. The molecular weight excluding hydrogens is 240 g/mol. The summed E-state index contributed by atoms with van der Waals surface area (Å²) < 4.78 is 2.48. The Morgan fingerprint density at radius 3 is 2.94 bits per heavy atom. The zero-order valence-corrected chi connectivity index (χ0v) is 11.8. The molecule has 16 heavy (non-hydrogen) atoms. The lowest BCUT2D eigenvalue weighted by Gasteiger charge is -2.24. The van der Waals surface area contributed by atoms with Gasteiger partial charge in [-0.2, -0.15) is 0 Å². The van der Waals surface area contributed by atoms with Crippen molar-refractivity contribution in [2.45, 2.75) is 24.9 Å². The van der Waals surface area contributed by atoms with E-state index in [1.54, 1.807) is 0 Å². The van der Waals surface area contributed by atoms with Gasteiger partial charge in [0.15, 0.2) is 0 Å². The zero-order chi connectivity index (χ0) is 11.5. The van der Waals surface area contributed by atoms with Crippen molar-refractivity contribution in [1.29, 1.82) is 0 Å². The molecule has 0 amide bonds. The molecule has 2 aliphatic heterocycles. The van der Waals surface area contributed by atoms with E-state index in [-0.39, 0.29) is 0 Å². The van der Waals surface area contributed by atoms with Crippen LogP contribution in [0.3, 0.4) is 0 Å². The molecule has 2 atom stereocenters. The van der Waals surface area contributed by atoms with Crippen molar-refractivity contribution in [3.8, 4) is 0 Å². The molecule has 0 bridgehead atoms. The van der Waals surface area contributed by atoms with Gasteiger partial charge in [0.2, 0.25) is 5.50 Å². The van der Waals surface area contributed by atoms with E-state index in [1.807, 2.05) is 21.6 Å². The van der Waals surface area contributed by atoms with Crippen molar-refractivity contribution < 1.29 is 4.58 Å². The van der Waals surface area contributed by atoms with E-state index in [9.17, 15) is 0 Å². The van der Waals surface area contributed by atoms with Gasteiger partial charge in [0.25, 0.3) is 0 Å². The zero-order valence-electron chi connectivity index (χ0n) is 10.2. The van der Waals surface area contributed by atoms with Gasteiger partial charge in [-0.05, 0) is 31.3 Å². The molecule has 2 N–H and O–H groups in total. The summed E-state index contributed by atoms with van der Waals surface area (Å²) in [5, 5.41) is 8.46. The molecule has 92 valence electrons. The second-order valence-corrected chi connectivity index (χ2v) is 6.72. The first-order valence-corrected chi connectivity index (χ1v) is 8.03. The summed E-state index contributed by atoms with van der Waals surface area (Å²) in [6.07, 6.45) is 1.21. The third-order valence-corrected chi connectivity index (χ3v) is 5.63. The molecule has 0 aromatic carbocycles. The van der Waals surface area contributed by atoms with Crippen LogP contribution in [0.5, 0.6) is 0 Å². The molecule has 0 saturated carbocycles. The summed E-state index contributed by atoms with van der Waals surface area (Å²) >= 11 is 0. The van der Waals surface area contributed by atoms with Crippen LogP contribution in [0.15, 0.2) is 0 Å². The van der Waals surface area contributed by atoms with Crippen LogP contribution < -0.4 is 10.6 Å². The van der Waals surface area contributed by atoms with Crippen molar-refractivity contribution in [2.75, 3.05) is 33.7 Å². The number of hydrogen-bond acceptors (Lipinski definition) is 4. The summed E-state index contributed by atoms with van der Waals surface area (Å²) in [4.78, 5) is 2.21. The number of nitrogens with zero attached hydrogens (tertiary/aromatic N) is 2. The standard InChI is InChI=1S/C10H20N4S2/c1-4-8-7-14(6-5-11-8)10-12-9(13(2)3)15-16-10/h8-9,11H,4-7H2,1-3H3/p+1. The Morgan fingerprint density at radius 2 is 2.31 bits per heavy atom. The third kappa shape index (κ3) is 2.85. The van der Waals surface area contributed by atoms with Gasteiger partial charge in [0.1, 0.15) is 6.54 Å². The van der Waals surface area contributed by atoms with Gasteiger partial charge >= 0.3 is 5.17 Å². The van der Waals surface area contributed by atoms with Gasteiger partial charge < -0.3 is 5.32 Å². The first kappa shape index (κ1) is 12.5. The van der Waals surface area contributed by atoms with Gasteiger partial charge in [0, 0.05) is 23.4 Å². The Bertz CT molecular complexity index is 280. The van der Waals surface area contributed by atoms with E-state index in [1.165, 1.54) is 11.6 Å². The SMILES string of the molecule is CCC1C[N+](=C2NC(N(C)C)SS2)CCN1. The van der Waals surface area contributed by atoms with Gasteiger partial charge in [0.05, 0.1) is 6.54 Å². The lowest BCUT2D eigenvalue weighted by molar-refractivity contribution is -0.537. The summed E-state index contributed by atoms with van der Waals surface area (Å²) in [5.74, 6) is 0. The third-order valence-electron chi connectivity index (χ3n) is 2.97. The van der Waals surface area contributed by atoms with Crippen molar-refractivity contribution in [3.63, 3.8) is 0 Å². The maximum atomic E-state index is 3.57. The molecule has 0 aromatic rings. The van der Waals surface area contributed by atoms with Crippen LogP contribution in [0, 0.1) is 0 Å². The molecular formula is C10H21N4S2+. The fourth-order valence-electron chi connectivity index (χ4n) is 1.89. The number of hydrogen-bond donors (Lipinski definition) is 2. The quantitative estimate of drug-likeness (QED) is 0.560. The number of piperazine rings is 1. The fourth-order valence-corrected chi connectivity index (χ4v) is 4.58. The average molecular weight is 261 g/mol. The lowest BCUT2D eigenvalue weighted by atomic mass is 10.2. The molecule has 2 aliphatic rings. The van der Waals surface area contributed by atoms with Gasteiger partial charge in [-0.15, -0.1) is 0 Å². The van der Waals surface area contributed by atoms with E-state index in [2.05, 4.69) is 41.1 Å². The van der Waals surface area contributed by atoms with Crippen molar-refractivity contribution >= 4 is 26.8 Å². The fraction of sp³-hybridized carbons (Fsp3) is 0.900. The minimum atomic E-state index is 0.412. The monoisotopic (exact) mass is 261 g/mol. The highest BCUT2D eigenvalue weighted by Crippen LogP contribution is 2.33. The summed E-state index contributed by atoms with van der Waals surface area (Å²) in [6.45, 7) is 5.60. The minimum absolute atomic E-state index is 0.412. The maximum absolute atomic E-state index is 3.57. The van der Waals surface area contributed by atoms with Crippen LogP contribution in [0.25, 0.3) is 0 Å². The molecule has 0 radical (unpaired) electrons. The topological polar surface area (TPSA) is 30.3 Å². The predicted molar refractivity (Wildman–Crippen MR) is 72.9 cm³/mol. The molecule has 2 rings (SSSR count). The van der Waals surface area contributed by atoms with Crippen LogP contribution >= 0.6 is 21.6 Å². The minimum Gasteiger partial charge on any atom is -0.306 e. The van der Waals surface area contributed by atoms with Crippen LogP contribution in [0.1, 0.15) is 13.3 Å². The average Bonchev–Trinajstić information content (AvgIpc) is 2.78. The van der Waals surface area contributed by atoms with E-state index in [0.29, 0.717) is 11.5 Å². The smallest absolute Gasteiger partial charge is 0.306 e. The second kappa shape index (κ2) is 5.62. The maximum Gasteiger partial charge on any atom is 0.319 e. The summed E-state index contributed by atoms with van der Waals surface area (Å²) in [6, 6.07) is 0.645. The first-order chi connectivity index (χ1) is 7.70. The predicted octanol–water partition coefficient (Wildman–Crippen LogP) is 0.567. The Balaban J connectivity index is 2.00. The molecule has 0 aromatic heterocycles. The van der Waals surface area contributed by atoms with Crippen LogP contribution in [0.4, 0.5) is 0 Å². The molecule has 0 spiro atoms. The van der Waals surface area contributed by atoms with E-state index >= 15 is 0 Å². The van der Waals surface area contributed by atoms with E-state index < -0.39 is 0 Å². The second-order valence-electron chi connectivity index (χ2n) is 4.45. The summed E-state index contributed by atoms with van der Waals surface area (Å²) in [5.41, 5.74) is 0.412. The lowest BCUT2D eigenvalue weighted by Crippen LogP contribution is -2.50. The van der Waals surface area contributed by atoms with Gasteiger partial charge in [-0.3, -0.25) is 9.48 Å². The normalized spacial score (nSPS) is 35.5.